The molecule has 20 heavy (non-hydrogen) atoms. The largest absolute Gasteiger partial charge is 0.453 e. The van der Waals surface area contributed by atoms with Gasteiger partial charge in [0.25, 0.3) is 0 Å². The number of alkyl halides is 3. The minimum atomic E-state index is -4.55. The van der Waals surface area contributed by atoms with E-state index in [-0.39, 0.29) is 17.1 Å². The summed E-state index contributed by atoms with van der Waals surface area (Å²) in [6.07, 6.45) is -4.55. The fourth-order valence-electron chi connectivity index (χ4n) is 1.53. The molecule has 0 unspecified atom stereocenters. The Morgan fingerprint density at radius 3 is 2.30 bits per heavy atom. The standard InChI is InChI=1S/C14H7F4NO/c15-11-3-1-2-4-13(11)20-12-6-5-10(14(16,17)18)7-9(12)8-19/h1-7H. The zero-order valence-corrected chi connectivity index (χ0v) is 9.91. The molecule has 2 nitrogen and oxygen atoms in total. The molecule has 0 radical (unpaired) electrons. The maximum atomic E-state index is 13.4. The summed E-state index contributed by atoms with van der Waals surface area (Å²) in [4.78, 5) is 0. The quantitative estimate of drug-likeness (QED) is 0.759. The lowest BCUT2D eigenvalue weighted by Crippen LogP contribution is -2.05. The van der Waals surface area contributed by atoms with E-state index >= 15 is 0 Å². The third-order valence-corrected chi connectivity index (χ3v) is 2.48. The van der Waals surface area contributed by atoms with Gasteiger partial charge in [-0.1, -0.05) is 12.1 Å². The van der Waals surface area contributed by atoms with Crippen molar-refractivity contribution in [3.63, 3.8) is 0 Å². The topological polar surface area (TPSA) is 33.0 Å². The van der Waals surface area contributed by atoms with E-state index < -0.39 is 17.6 Å². The Kier molecular flexibility index (Phi) is 3.61. The molecule has 0 heterocycles. The minimum Gasteiger partial charge on any atom is -0.453 e. The maximum Gasteiger partial charge on any atom is 0.416 e. The highest BCUT2D eigenvalue weighted by Gasteiger charge is 2.31. The van der Waals surface area contributed by atoms with E-state index in [1.54, 1.807) is 6.07 Å². The molecular formula is C14H7F4NO. The Bertz CT molecular complexity index is 674. The van der Waals surface area contributed by atoms with Gasteiger partial charge in [0, 0.05) is 0 Å². The molecule has 0 bridgehead atoms. The predicted octanol–water partition coefficient (Wildman–Crippen LogP) is 4.51. The van der Waals surface area contributed by atoms with Gasteiger partial charge in [0.15, 0.2) is 11.6 Å². The van der Waals surface area contributed by atoms with Gasteiger partial charge in [0.2, 0.25) is 0 Å². The van der Waals surface area contributed by atoms with Crippen LogP contribution in [0.5, 0.6) is 11.5 Å². The van der Waals surface area contributed by atoms with E-state index in [4.69, 9.17) is 10.00 Å². The highest BCUT2D eigenvalue weighted by molar-refractivity contribution is 5.48. The second-order valence-electron chi connectivity index (χ2n) is 3.85. The summed E-state index contributed by atoms with van der Waals surface area (Å²) in [5.74, 6) is -0.967. The van der Waals surface area contributed by atoms with Crippen molar-refractivity contribution in [3.8, 4) is 17.6 Å². The van der Waals surface area contributed by atoms with Crippen LogP contribution in [0.1, 0.15) is 11.1 Å². The smallest absolute Gasteiger partial charge is 0.416 e. The fraction of sp³-hybridized carbons (Fsp3) is 0.0714. The van der Waals surface area contributed by atoms with Crippen molar-refractivity contribution in [1.82, 2.24) is 0 Å². The van der Waals surface area contributed by atoms with E-state index in [0.717, 1.165) is 18.2 Å². The molecule has 6 heteroatoms. The zero-order valence-electron chi connectivity index (χ0n) is 9.91. The van der Waals surface area contributed by atoms with Gasteiger partial charge in [-0.3, -0.25) is 0 Å². The lowest BCUT2D eigenvalue weighted by molar-refractivity contribution is -0.137. The molecule has 2 aromatic rings. The van der Waals surface area contributed by atoms with Gasteiger partial charge in [0.1, 0.15) is 11.8 Å². The summed E-state index contributed by atoms with van der Waals surface area (Å²) in [5, 5.41) is 8.86. The Hall–Kier alpha value is -2.55. The molecule has 0 fully saturated rings. The van der Waals surface area contributed by atoms with Crippen LogP contribution in [0, 0.1) is 17.1 Å². The van der Waals surface area contributed by atoms with Crippen molar-refractivity contribution in [2.75, 3.05) is 0 Å². The summed E-state index contributed by atoms with van der Waals surface area (Å²) in [7, 11) is 0. The second-order valence-corrected chi connectivity index (χ2v) is 3.85. The number of hydrogen-bond acceptors (Lipinski definition) is 2. The molecule has 0 N–H and O–H groups in total. The number of ether oxygens (including phenoxy) is 1. The molecule has 2 rings (SSSR count). The van der Waals surface area contributed by atoms with Crippen molar-refractivity contribution in [3.05, 3.63) is 59.4 Å². The number of halogens is 4. The first-order valence-electron chi connectivity index (χ1n) is 5.45. The molecule has 0 aromatic heterocycles. The molecule has 0 amide bonds. The average molecular weight is 281 g/mol. The first kappa shape index (κ1) is 13.9. The third kappa shape index (κ3) is 2.88. The van der Waals surface area contributed by atoms with Crippen LogP contribution >= 0.6 is 0 Å². The first-order valence-corrected chi connectivity index (χ1v) is 5.45. The molecule has 102 valence electrons. The SMILES string of the molecule is N#Cc1cc(C(F)(F)F)ccc1Oc1ccccc1F. The number of nitriles is 1. The Labute approximate surface area is 111 Å². The summed E-state index contributed by atoms with van der Waals surface area (Å²) in [6.45, 7) is 0. The monoisotopic (exact) mass is 281 g/mol. The molecule has 0 aliphatic heterocycles. The highest BCUT2D eigenvalue weighted by Crippen LogP contribution is 2.34. The van der Waals surface area contributed by atoms with Crippen LogP contribution in [0.2, 0.25) is 0 Å². The molecule has 0 saturated heterocycles. The molecule has 0 aliphatic rings. The summed E-state index contributed by atoms with van der Waals surface area (Å²) in [6, 6.07) is 9.44. The van der Waals surface area contributed by atoms with Gasteiger partial charge < -0.3 is 4.74 Å². The van der Waals surface area contributed by atoms with Gasteiger partial charge in [0.05, 0.1) is 11.1 Å². The third-order valence-electron chi connectivity index (χ3n) is 2.48. The van der Waals surface area contributed by atoms with E-state index in [1.165, 1.54) is 18.2 Å². The first-order chi connectivity index (χ1) is 9.41. The average Bonchev–Trinajstić information content (AvgIpc) is 2.40. The van der Waals surface area contributed by atoms with Crippen molar-refractivity contribution in [1.29, 1.82) is 5.26 Å². The van der Waals surface area contributed by atoms with Crippen molar-refractivity contribution >= 4 is 0 Å². The predicted molar refractivity (Wildman–Crippen MR) is 62.6 cm³/mol. The summed E-state index contributed by atoms with van der Waals surface area (Å²) >= 11 is 0. The van der Waals surface area contributed by atoms with Crippen LogP contribution in [-0.2, 0) is 6.18 Å². The van der Waals surface area contributed by atoms with Crippen LogP contribution in [0.4, 0.5) is 17.6 Å². The number of hydrogen-bond donors (Lipinski definition) is 0. The Morgan fingerprint density at radius 1 is 1.00 bits per heavy atom. The van der Waals surface area contributed by atoms with Crippen molar-refractivity contribution in [2.24, 2.45) is 0 Å². The lowest BCUT2D eigenvalue weighted by Gasteiger charge is -2.11. The van der Waals surface area contributed by atoms with Crippen LogP contribution in [0.25, 0.3) is 0 Å². The molecule has 0 aliphatic carbocycles. The molecule has 0 atom stereocenters. The fourth-order valence-corrected chi connectivity index (χ4v) is 1.53. The zero-order chi connectivity index (χ0) is 14.8. The Morgan fingerprint density at radius 2 is 1.70 bits per heavy atom. The van der Waals surface area contributed by atoms with Crippen LogP contribution in [0.15, 0.2) is 42.5 Å². The van der Waals surface area contributed by atoms with Crippen LogP contribution in [-0.4, -0.2) is 0 Å². The van der Waals surface area contributed by atoms with Crippen molar-refractivity contribution < 1.29 is 22.3 Å². The minimum absolute atomic E-state index is 0.134. The number of nitrogens with zero attached hydrogens (tertiary/aromatic N) is 1. The molecule has 2 aromatic carbocycles. The molecule has 0 saturated carbocycles. The van der Waals surface area contributed by atoms with Gasteiger partial charge in [-0.2, -0.15) is 18.4 Å². The van der Waals surface area contributed by atoms with Crippen molar-refractivity contribution in [2.45, 2.75) is 6.18 Å². The van der Waals surface area contributed by atoms with Gasteiger partial charge in [-0.25, -0.2) is 4.39 Å². The van der Waals surface area contributed by atoms with Gasteiger partial charge in [-0.05, 0) is 30.3 Å². The maximum absolute atomic E-state index is 13.4. The van der Waals surface area contributed by atoms with E-state index in [0.29, 0.717) is 6.07 Å². The highest BCUT2D eigenvalue weighted by atomic mass is 19.4. The number of rotatable bonds is 2. The second kappa shape index (κ2) is 5.21. The lowest BCUT2D eigenvalue weighted by atomic mass is 10.1. The van der Waals surface area contributed by atoms with E-state index in [9.17, 15) is 17.6 Å². The normalized spacial score (nSPS) is 10.9. The Balaban J connectivity index is 2.39. The molecular weight excluding hydrogens is 274 g/mol. The van der Waals surface area contributed by atoms with Gasteiger partial charge >= 0.3 is 6.18 Å². The summed E-state index contributed by atoms with van der Waals surface area (Å²) in [5.41, 5.74) is -1.28. The number of para-hydroxylation sites is 1. The van der Waals surface area contributed by atoms with Crippen LogP contribution in [0.3, 0.4) is 0 Å². The van der Waals surface area contributed by atoms with Crippen LogP contribution < -0.4 is 4.74 Å². The van der Waals surface area contributed by atoms with E-state index in [2.05, 4.69) is 0 Å². The number of benzene rings is 2. The van der Waals surface area contributed by atoms with E-state index in [1.807, 2.05) is 0 Å². The molecule has 0 spiro atoms. The summed E-state index contributed by atoms with van der Waals surface area (Å²) < 4.78 is 56.1. The van der Waals surface area contributed by atoms with Gasteiger partial charge in [-0.15, -0.1) is 0 Å².